The van der Waals surface area contributed by atoms with Crippen molar-refractivity contribution >= 4 is 38.6 Å². The zero-order chi connectivity index (χ0) is 35.8. The van der Waals surface area contributed by atoms with Gasteiger partial charge in [0.25, 0.3) is 0 Å². The third-order valence-electron chi connectivity index (χ3n) is 6.84. The molecule has 0 unspecified atom stereocenters. The van der Waals surface area contributed by atoms with Gasteiger partial charge in [-0.15, -0.1) is 0 Å². The van der Waals surface area contributed by atoms with E-state index in [1.165, 1.54) is 0 Å². The largest absolute Gasteiger partial charge is 0.479 e. The second kappa shape index (κ2) is 15.1. The fourth-order valence-corrected chi connectivity index (χ4v) is 5.85. The van der Waals surface area contributed by atoms with Crippen LogP contribution in [0.1, 0.15) is 6.92 Å². The maximum atomic E-state index is 12.2. The SMILES string of the molecule is CC(=O)N[C@H]1[C@H](O[C@H]2[C@H](O)[C@@H](OS(=O)(=O)O)[C@H](O)O[C@H]2C(=O)O)O[C@H](CO)[C@H](O)[C@@H]1O[C@@H]1O[C@@H](C(=O)O)[C@@H](O)[C@H](O)[C@H]1OS(=O)(=O)O. The summed E-state index contributed by atoms with van der Waals surface area (Å²) in [6.45, 7) is -0.270. The normalized spacial score (nSPS) is 41.6. The number of hydrogen-bond acceptors (Lipinski definition) is 20. The van der Waals surface area contributed by atoms with Crippen molar-refractivity contribution in [2.45, 2.75) is 99.0 Å². The second-order valence-electron chi connectivity index (χ2n) is 10.1. The molecule has 0 bridgehead atoms. The fraction of sp³-hybridized carbons (Fsp3) is 0.850. The van der Waals surface area contributed by atoms with E-state index in [2.05, 4.69) is 13.7 Å². The van der Waals surface area contributed by atoms with Crippen LogP contribution in [0, 0.1) is 0 Å². The summed E-state index contributed by atoms with van der Waals surface area (Å²) in [6.07, 6.45) is -32.8. The summed E-state index contributed by atoms with van der Waals surface area (Å²) < 4.78 is 98.2. The van der Waals surface area contributed by atoms with Crippen molar-refractivity contribution in [2.24, 2.45) is 0 Å². The molecule has 0 aromatic rings. The van der Waals surface area contributed by atoms with Crippen LogP contribution in [0.3, 0.4) is 0 Å². The van der Waals surface area contributed by atoms with Gasteiger partial charge in [0.1, 0.15) is 48.8 Å². The van der Waals surface area contributed by atoms with E-state index in [0.717, 1.165) is 6.92 Å². The highest BCUT2D eigenvalue weighted by atomic mass is 32.3. The van der Waals surface area contributed by atoms with Crippen molar-refractivity contribution in [1.82, 2.24) is 5.32 Å². The standard InChI is InChI=1S/C20H31NO24S2/c1-3(23)21-5-10(41-20-14(45-47(36,37)38)8(26)7(25)12(43-20)16(28)29)6(24)4(2-22)39-19(5)42-11-9(27)13(44-46(33,34)35)18(32)40-15(11)17(30)31/h4-15,18-20,22,24-27,32H,2H2,1H3,(H,21,23)(H,28,29)(H,30,31)(H,33,34,35)(H,36,37,38)/t4-,5-,6+,7+,8+,9+,10-,11+,12-,13-,14-,15-,18-,19+,20-/m1/s1. The minimum absolute atomic E-state index is 0.867. The van der Waals surface area contributed by atoms with E-state index >= 15 is 0 Å². The van der Waals surface area contributed by atoms with Crippen LogP contribution in [0.15, 0.2) is 0 Å². The summed E-state index contributed by atoms with van der Waals surface area (Å²) in [5.41, 5.74) is 0. The third kappa shape index (κ3) is 9.45. The van der Waals surface area contributed by atoms with E-state index in [1.807, 2.05) is 0 Å². The summed E-state index contributed by atoms with van der Waals surface area (Å²) in [4.78, 5) is 35.7. The summed E-state index contributed by atoms with van der Waals surface area (Å²) >= 11 is 0. The number of rotatable bonds is 12. The Bertz CT molecular complexity index is 1360. The molecule has 0 aliphatic carbocycles. The average Bonchev–Trinajstić information content (AvgIpc) is 2.93. The Hall–Kier alpha value is -2.29. The Balaban J connectivity index is 2.05. The number of carboxylic acids is 2. The Kier molecular flexibility index (Phi) is 12.6. The Morgan fingerprint density at radius 3 is 1.70 bits per heavy atom. The molecule has 272 valence electrons. The van der Waals surface area contributed by atoms with Crippen molar-refractivity contribution in [1.29, 1.82) is 0 Å². The molecule has 3 aliphatic heterocycles. The molecular formula is C20H31NO24S2. The Morgan fingerprint density at radius 1 is 0.681 bits per heavy atom. The lowest BCUT2D eigenvalue weighted by Crippen LogP contribution is -2.70. The van der Waals surface area contributed by atoms with Crippen LogP contribution in [-0.2, 0) is 67.2 Å². The highest BCUT2D eigenvalue weighted by Gasteiger charge is 2.57. The summed E-state index contributed by atoms with van der Waals surface area (Å²) in [7, 11) is -11.0. The average molecular weight is 734 g/mol. The second-order valence-corrected chi connectivity index (χ2v) is 12.2. The first-order valence-corrected chi connectivity index (χ1v) is 15.6. The quantitative estimate of drug-likeness (QED) is 0.0829. The molecule has 25 nitrogen and oxygen atoms in total. The van der Waals surface area contributed by atoms with Crippen LogP contribution in [0.25, 0.3) is 0 Å². The van der Waals surface area contributed by atoms with E-state index in [4.69, 9.17) is 28.2 Å². The van der Waals surface area contributed by atoms with Crippen molar-refractivity contribution < 1.29 is 113 Å². The maximum absolute atomic E-state index is 12.2. The smallest absolute Gasteiger partial charge is 0.397 e. The molecule has 0 spiro atoms. The molecule has 3 fully saturated rings. The van der Waals surface area contributed by atoms with Gasteiger partial charge in [-0.2, -0.15) is 16.8 Å². The number of aliphatic hydroxyl groups excluding tert-OH is 6. The van der Waals surface area contributed by atoms with Gasteiger partial charge in [0.2, 0.25) is 5.91 Å². The lowest BCUT2D eigenvalue weighted by Gasteiger charge is -2.49. The van der Waals surface area contributed by atoms with Gasteiger partial charge in [-0.25, -0.2) is 18.0 Å². The first-order valence-electron chi connectivity index (χ1n) is 12.9. The molecule has 3 saturated heterocycles. The van der Waals surface area contributed by atoms with Gasteiger partial charge in [0, 0.05) is 6.92 Å². The lowest BCUT2D eigenvalue weighted by atomic mass is 9.94. The van der Waals surface area contributed by atoms with E-state index in [1.54, 1.807) is 0 Å². The number of carbonyl (C=O) groups is 3. The number of carboxylic acid groups (broad SMARTS) is 2. The number of hydrogen-bond donors (Lipinski definition) is 11. The summed E-state index contributed by atoms with van der Waals surface area (Å²) in [6, 6.07) is -1.98. The molecule has 0 aromatic carbocycles. The first-order chi connectivity index (χ1) is 21.6. The van der Waals surface area contributed by atoms with Gasteiger partial charge in [-0.1, -0.05) is 0 Å². The van der Waals surface area contributed by atoms with Crippen LogP contribution in [0.4, 0.5) is 0 Å². The Morgan fingerprint density at radius 2 is 1.21 bits per heavy atom. The van der Waals surface area contributed by atoms with Gasteiger partial charge >= 0.3 is 32.7 Å². The Labute approximate surface area is 263 Å². The van der Waals surface area contributed by atoms with Crippen LogP contribution >= 0.6 is 0 Å². The van der Waals surface area contributed by atoms with Crippen LogP contribution in [0.5, 0.6) is 0 Å². The molecule has 3 aliphatic rings. The van der Waals surface area contributed by atoms with Crippen LogP contribution < -0.4 is 5.32 Å². The van der Waals surface area contributed by atoms with Crippen molar-refractivity contribution in [2.75, 3.05) is 6.61 Å². The fourth-order valence-electron chi connectivity index (χ4n) is 4.87. The number of aliphatic hydroxyl groups is 6. The molecule has 27 heteroatoms. The van der Waals surface area contributed by atoms with E-state index in [-0.39, 0.29) is 0 Å². The molecule has 0 aromatic heterocycles. The van der Waals surface area contributed by atoms with E-state index in [9.17, 15) is 76.6 Å². The minimum Gasteiger partial charge on any atom is -0.479 e. The zero-order valence-electron chi connectivity index (χ0n) is 23.4. The number of carbonyl (C=O) groups excluding carboxylic acids is 1. The minimum atomic E-state index is -5.52. The van der Waals surface area contributed by atoms with Gasteiger partial charge in [0.05, 0.1) is 6.61 Å². The molecule has 0 radical (unpaired) electrons. The van der Waals surface area contributed by atoms with Crippen LogP contribution in [-0.4, -0.2) is 183 Å². The molecular weight excluding hydrogens is 702 g/mol. The molecule has 1 amide bonds. The van der Waals surface area contributed by atoms with E-state index in [0.29, 0.717) is 0 Å². The summed E-state index contributed by atoms with van der Waals surface area (Å²) in [5.74, 6) is -4.89. The highest BCUT2D eigenvalue weighted by molar-refractivity contribution is 7.81. The molecule has 0 saturated carbocycles. The molecule has 11 N–H and O–H groups in total. The van der Waals surface area contributed by atoms with Gasteiger partial charge < -0.3 is 69.9 Å². The zero-order valence-corrected chi connectivity index (χ0v) is 25.0. The molecule has 3 rings (SSSR count). The first kappa shape index (κ1) is 39.2. The van der Waals surface area contributed by atoms with E-state index < -0.39 is 137 Å². The topological polar surface area (TPSA) is 398 Å². The monoisotopic (exact) mass is 733 g/mol. The van der Waals surface area contributed by atoms with Gasteiger partial charge in [-0.3, -0.25) is 13.9 Å². The molecule has 47 heavy (non-hydrogen) atoms. The maximum Gasteiger partial charge on any atom is 0.397 e. The molecule has 15 atom stereocenters. The van der Waals surface area contributed by atoms with Crippen molar-refractivity contribution in [3.8, 4) is 0 Å². The number of nitrogens with one attached hydrogen (secondary N) is 1. The molecule has 3 heterocycles. The lowest BCUT2D eigenvalue weighted by molar-refractivity contribution is -0.355. The highest BCUT2D eigenvalue weighted by Crippen LogP contribution is 2.34. The number of aliphatic carboxylic acids is 2. The summed E-state index contributed by atoms with van der Waals surface area (Å²) in [5, 5.41) is 83.2. The number of ether oxygens (including phenoxy) is 5. The third-order valence-corrected chi connectivity index (χ3v) is 7.77. The van der Waals surface area contributed by atoms with Crippen LogP contribution in [0.2, 0.25) is 0 Å². The predicted molar refractivity (Wildman–Crippen MR) is 135 cm³/mol. The number of amides is 1. The van der Waals surface area contributed by atoms with Gasteiger partial charge in [-0.05, 0) is 0 Å². The van der Waals surface area contributed by atoms with Gasteiger partial charge in [0.15, 0.2) is 43.3 Å². The predicted octanol–water partition coefficient (Wildman–Crippen LogP) is -7.59. The van der Waals surface area contributed by atoms with Crippen molar-refractivity contribution in [3.63, 3.8) is 0 Å². The van der Waals surface area contributed by atoms with Crippen molar-refractivity contribution in [3.05, 3.63) is 0 Å².